The zero-order valence-corrected chi connectivity index (χ0v) is 6.71. The highest BCUT2D eigenvalue weighted by molar-refractivity contribution is 5.07. The van der Waals surface area contributed by atoms with E-state index in [2.05, 4.69) is 5.92 Å². The van der Waals surface area contributed by atoms with Gasteiger partial charge < -0.3 is 0 Å². The van der Waals surface area contributed by atoms with Crippen LogP contribution in [0.1, 0.15) is 26.2 Å². The number of unbranched alkanes of at least 4 members (excludes halogenated alkanes) is 2. The van der Waals surface area contributed by atoms with Gasteiger partial charge in [-0.15, -0.1) is 0 Å². The molecule has 0 aliphatic rings. The Labute approximate surface area is 69.0 Å². The summed E-state index contributed by atoms with van der Waals surface area (Å²) < 4.78 is 46.5. The lowest BCUT2D eigenvalue weighted by Gasteiger charge is -2.04. The highest BCUT2D eigenvalue weighted by Crippen LogP contribution is 2.21. The van der Waals surface area contributed by atoms with E-state index in [9.17, 15) is 17.6 Å². The van der Waals surface area contributed by atoms with Crippen molar-refractivity contribution >= 4 is 0 Å². The second kappa shape index (κ2) is 5.02. The van der Waals surface area contributed by atoms with Crippen LogP contribution in [0, 0.1) is 11.8 Å². The minimum Gasteiger partial charge on any atom is -0.223 e. The fourth-order valence-electron chi connectivity index (χ4n) is 0.509. The van der Waals surface area contributed by atoms with E-state index < -0.39 is 12.3 Å². The fraction of sp³-hybridized carbons (Fsp3) is 0.750. The molecule has 0 saturated carbocycles. The van der Waals surface area contributed by atoms with Crippen LogP contribution in [0.15, 0.2) is 0 Å². The van der Waals surface area contributed by atoms with Gasteiger partial charge in [-0.2, -0.15) is 13.2 Å². The fourth-order valence-corrected chi connectivity index (χ4v) is 0.509. The van der Waals surface area contributed by atoms with Crippen LogP contribution in [-0.2, 0) is 0 Å². The zero-order chi connectivity index (χ0) is 9.61. The maximum Gasteiger partial charge on any atom is 0.431 e. The Hall–Kier alpha value is -0.720. The molecule has 4 heteroatoms. The molecule has 1 atom stereocenters. The molecular weight excluding hydrogens is 172 g/mol. The third kappa shape index (κ3) is 5.00. The zero-order valence-electron chi connectivity index (χ0n) is 6.71. The third-order valence-corrected chi connectivity index (χ3v) is 1.17. The molecule has 0 heterocycles. The van der Waals surface area contributed by atoms with Gasteiger partial charge in [-0.25, -0.2) is 4.39 Å². The molecule has 0 N–H and O–H groups in total. The SMILES string of the molecule is CCCCC#CC(F)C(F)(F)F. The van der Waals surface area contributed by atoms with E-state index in [-0.39, 0.29) is 0 Å². The normalized spacial score (nSPS) is 13.4. The Balaban J connectivity index is 3.79. The van der Waals surface area contributed by atoms with Crippen LogP contribution in [0.3, 0.4) is 0 Å². The smallest absolute Gasteiger partial charge is 0.223 e. The molecule has 0 aromatic heterocycles. The first-order chi connectivity index (χ1) is 5.48. The summed E-state index contributed by atoms with van der Waals surface area (Å²) in [4.78, 5) is 0. The molecule has 0 radical (unpaired) electrons. The van der Waals surface area contributed by atoms with Crippen molar-refractivity contribution in [1.29, 1.82) is 0 Å². The van der Waals surface area contributed by atoms with Crippen molar-refractivity contribution in [3.05, 3.63) is 0 Å². The number of rotatable bonds is 2. The summed E-state index contributed by atoms with van der Waals surface area (Å²) in [5.74, 6) is 3.66. The molecule has 1 unspecified atom stereocenters. The van der Waals surface area contributed by atoms with E-state index in [0.717, 1.165) is 6.42 Å². The average Bonchev–Trinajstić information content (AvgIpc) is 1.96. The molecule has 0 aromatic carbocycles. The van der Waals surface area contributed by atoms with Crippen molar-refractivity contribution in [3.63, 3.8) is 0 Å². The molecule has 0 bridgehead atoms. The Morgan fingerprint density at radius 2 is 1.92 bits per heavy atom. The van der Waals surface area contributed by atoms with Gasteiger partial charge in [0.25, 0.3) is 6.17 Å². The van der Waals surface area contributed by atoms with Gasteiger partial charge in [0.15, 0.2) is 0 Å². The maximum atomic E-state index is 12.0. The van der Waals surface area contributed by atoms with Crippen molar-refractivity contribution in [2.24, 2.45) is 0 Å². The molecule has 70 valence electrons. The van der Waals surface area contributed by atoms with Gasteiger partial charge in [-0.1, -0.05) is 25.2 Å². The molecule has 0 aromatic rings. The maximum absolute atomic E-state index is 12.0. The summed E-state index contributed by atoms with van der Waals surface area (Å²) in [6.07, 6.45) is -5.95. The van der Waals surface area contributed by atoms with E-state index in [1.165, 1.54) is 5.92 Å². The summed E-state index contributed by atoms with van der Waals surface area (Å²) in [6, 6.07) is 0. The molecule has 0 spiro atoms. The van der Waals surface area contributed by atoms with Gasteiger partial charge in [0, 0.05) is 6.42 Å². The molecule has 0 rings (SSSR count). The molecule has 12 heavy (non-hydrogen) atoms. The Morgan fingerprint density at radius 1 is 1.33 bits per heavy atom. The summed E-state index contributed by atoms with van der Waals surface area (Å²) in [6.45, 7) is 1.89. The van der Waals surface area contributed by atoms with Crippen molar-refractivity contribution in [2.75, 3.05) is 0 Å². The van der Waals surface area contributed by atoms with Crippen molar-refractivity contribution in [3.8, 4) is 11.8 Å². The Bertz CT molecular complexity index is 172. The largest absolute Gasteiger partial charge is 0.431 e. The molecule has 0 fully saturated rings. The molecule has 0 saturated heterocycles. The molecule has 0 aliphatic heterocycles. The summed E-state index contributed by atoms with van der Waals surface area (Å²) in [5.41, 5.74) is 0. The van der Waals surface area contributed by atoms with E-state index in [1.807, 2.05) is 6.92 Å². The quantitative estimate of drug-likeness (QED) is 0.349. The van der Waals surface area contributed by atoms with Gasteiger partial charge in [0.05, 0.1) is 0 Å². The van der Waals surface area contributed by atoms with E-state index in [4.69, 9.17) is 0 Å². The van der Waals surface area contributed by atoms with Crippen molar-refractivity contribution < 1.29 is 17.6 Å². The lowest BCUT2D eigenvalue weighted by atomic mass is 10.2. The summed E-state index contributed by atoms with van der Waals surface area (Å²) in [7, 11) is 0. The van der Waals surface area contributed by atoms with Crippen LogP contribution < -0.4 is 0 Å². The number of hydrogen-bond donors (Lipinski definition) is 0. The molecule has 0 aliphatic carbocycles. The average molecular weight is 182 g/mol. The van der Waals surface area contributed by atoms with E-state index in [0.29, 0.717) is 12.8 Å². The van der Waals surface area contributed by atoms with Crippen molar-refractivity contribution in [2.45, 2.75) is 38.5 Å². The van der Waals surface area contributed by atoms with E-state index in [1.54, 1.807) is 0 Å². The number of alkyl halides is 4. The number of hydrogen-bond acceptors (Lipinski definition) is 0. The minimum absolute atomic E-state index is 0.326. The lowest BCUT2D eigenvalue weighted by molar-refractivity contribution is -0.163. The third-order valence-electron chi connectivity index (χ3n) is 1.17. The lowest BCUT2D eigenvalue weighted by Crippen LogP contribution is -2.22. The highest BCUT2D eigenvalue weighted by Gasteiger charge is 2.38. The monoisotopic (exact) mass is 182 g/mol. The predicted molar refractivity (Wildman–Crippen MR) is 38.3 cm³/mol. The molecular formula is C8H10F4. The van der Waals surface area contributed by atoms with Crippen LogP contribution in [0.5, 0.6) is 0 Å². The van der Waals surface area contributed by atoms with Crippen LogP contribution in [0.2, 0.25) is 0 Å². The number of halogens is 4. The summed E-state index contributed by atoms with van der Waals surface area (Å²) in [5, 5.41) is 0. The molecule has 0 nitrogen and oxygen atoms in total. The van der Waals surface area contributed by atoms with Crippen LogP contribution in [-0.4, -0.2) is 12.3 Å². The van der Waals surface area contributed by atoms with Crippen LogP contribution in [0.4, 0.5) is 17.6 Å². The van der Waals surface area contributed by atoms with Gasteiger partial charge in [0.2, 0.25) is 0 Å². The topological polar surface area (TPSA) is 0 Å². The van der Waals surface area contributed by atoms with Gasteiger partial charge in [-0.05, 0) is 6.42 Å². The standard InChI is InChI=1S/C8H10F4/c1-2-3-4-5-6-7(9)8(10,11)12/h7H,2-4H2,1H3. The van der Waals surface area contributed by atoms with E-state index >= 15 is 0 Å². The van der Waals surface area contributed by atoms with Crippen molar-refractivity contribution in [1.82, 2.24) is 0 Å². The Kier molecular flexibility index (Phi) is 4.72. The van der Waals surface area contributed by atoms with Gasteiger partial charge in [-0.3, -0.25) is 0 Å². The van der Waals surface area contributed by atoms with Crippen LogP contribution in [0.25, 0.3) is 0 Å². The Morgan fingerprint density at radius 3 is 2.33 bits per heavy atom. The molecule has 0 amide bonds. The highest BCUT2D eigenvalue weighted by atomic mass is 19.4. The second-order valence-corrected chi connectivity index (χ2v) is 2.33. The second-order valence-electron chi connectivity index (χ2n) is 2.33. The minimum atomic E-state index is -4.83. The predicted octanol–water partition coefficient (Wildman–Crippen LogP) is 3.08. The van der Waals surface area contributed by atoms with Crippen LogP contribution >= 0.6 is 0 Å². The summed E-state index contributed by atoms with van der Waals surface area (Å²) >= 11 is 0. The van der Waals surface area contributed by atoms with Gasteiger partial charge >= 0.3 is 6.18 Å². The first kappa shape index (κ1) is 11.3. The first-order valence-electron chi connectivity index (χ1n) is 3.67. The first-order valence-corrected chi connectivity index (χ1v) is 3.67. The van der Waals surface area contributed by atoms with Gasteiger partial charge in [0.1, 0.15) is 0 Å².